The van der Waals surface area contributed by atoms with Crippen LogP contribution in [0, 0.1) is 17.0 Å². The average molecular weight is 397 g/mol. The van der Waals surface area contributed by atoms with E-state index in [1.165, 1.54) is 24.4 Å². The lowest BCUT2D eigenvalue weighted by Gasteiger charge is -2.09. The lowest BCUT2D eigenvalue weighted by molar-refractivity contribution is -0.384. The number of hydrogen-bond donors (Lipinski definition) is 1. The maximum atomic E-state index is 12.2. The molecule has 0 atom stereocenters. The fraction of sp³-hybridized carbons (Fsp3) is 0.263. The summed E-state index contributed by atoms with van der Waals surface area (Å²) in [6.07, 6.45) is 2.99. The smallest absolute Gasteiger partial charge is 0.340 e. The molecule has 10 heteroatoms. The first-order chi connectivity index (χ1) is 13.8. The Kier molecular flexibility index (Phi) is 5.53. The molecule has 3 rings (SSSR count). The van der Waals surface area contributed by atoms with Crippen molar-refractivity contribution in [1.29, 1.82) is 0 Å². The number of esters is 1. The van der Waals surface area contributed by atoms with Crippen molar-refractivity contribution in [3.63, 3.8) is 0 Å². The Morgan fingerprint density at radius 1 is 1.28 bits per heavy atom. The third kappa shape index (κ3) is 4.37. The number of fused-ring (bicyclic) bond motifs is 1. The van der Waals surface area contributed by atoms with Crippen LogP contribution >= 0.6 is 0 Å². The van der Waals surface area contributed by atoms with Crippen molar-refractivity contribution in [2.75, 3.05) is 11.9 Å². The highest BCUT2D eigenvalue weighted by molar-refractivity contribution is 5.97. The molecule has 0 bridgehead atoms. The molecule has 0 fully saturated rings. The number of nitro benzene ring substituents is 1. The summed E-state index contributed by atoms with van der Waals surface area (Å²) in [7, 11) is 0. The van der Waals surface area contributed by atoms with E-state index in [1.807, 2.05) is 13.8 Å². The van der Waals surface area contributed by atoms with Crippen LogP contribution in [0.25, 0.3) is 11.0 Å². The highest BCUT2D eigenvalue weighted by Crippen LogP contribution is 2.21. The molecular formula is C19H19N5O5. The molecule has 1 amide bonds. The van der Waals surface area contributed by atoms with Crippen molar-refractivity contribution >= 4 is 34.3 Å². The maximum absolute atomic E-state index is 12.2. The van der Waals surface area contributed by atoms with Crippen molar-refractivity contribution < 1.29 is 19.2 Å². The van der Waals surface area contributed by atoms with Crippen LogP contribution in [0.3, 0.4) is 0 Å². The number of amides is 1. The van der Waals surface area contributed by atoms with Gasteiger partial charge in [0.05, 0.1) is 16.7 Å². The Morgan fingerprint density at radius 2 is 2.03 bits per heavy atom. The van der Waals surface area contributed by atoms with Gasteiger partial charge in [-0.3, -0.25) is 14.9 Å². The number of benzene rings is 1. The van der Waals surface area contributed by atoms with Gasteiger partial charge in [-0.05, 0) is 38.5 Å². The molecule has 1 aromatic carbocycles. The van der Waals surface area contributed by atoms with Crippen LogP contribution in [0.4, 0.5) is 11.4 Å². The molecule has 0 aliphatic carbocycles. The first kappa shape index (κ1) is 19.9. The number of rotatable bonds is 6. The van der Waals surface area contributed by atoms with Crippen LogP contribution in [-0.2, 0) is 9.53 Å². The average Bonchev–Trinajstić information content (AvgIpc) is 3.11. The number of non-ortho nitro benzene ring substituents is 1. The number of nitro groups is 1. The minimum absolute atomic E-state index is 0.0735. The number of nitrogens with one attached hydrogen (secondary N) is 1. The summed E-state index contributed by atoms with van der Waals surface area (Å²) in [6, 6.07) is 5.79. The molecular weight excluding hydrogens is 378 g/mol. The number of aryl methyl sites for hydroxylation is 1. The van der Waals surface area contributed by atoms with E-state index in [2.05, 4.69) is 15.4 Å². The molecule has 10 nitrogen and oxygen atoms in total. The van der Waals surface area contributed by atoms with Crippen molar-refractivity contribution in [3.05, 3.63) is 57.9 Å². The zero-order valence-electron chi connectivity index (χ0n) is 16.1. The topological polar surface area (TPSA) is 129 Å². The van der Waals surface area contributed by atoms with Crippen LogP contribution in [0.2, 0.25) is 0 Å². The van der Waals surface area contributed by atoms with Gasteiger partial charge in [0.2, 0.25) is 0 Å². The highest BCUT2D eigenvalue weighted by Gasteiger charge is 2.15. The third-order valence-electron chi connectivity index (χ3n) is 4.19. The molecule has 0 radical (unpaired) electrons. The summed E-state index contributed by atoms with van der Waals surface area (Å²) in [4.78, 5) is 38.8. The zero-order chi connectivity index (χ0) is 21.1. The van der Waals surface area contributed by atoms with E-state index in [-0.39, 0.29) is 17.3 Å². The van der Waals surface area contributed by atoms with E-state index in [9.17, 15) is 19.7 Å². The van der Waals surface area contributed by atoms with Gasteiger partial charge in [-0.2, -0.15) is 5.10 Å². The van der Waals surface area contributed by atoms with Gasteiger partial charge in [-0.25, -0.2) is 14.5 Å². The number of hydrogen-bond acceptors (Lipinski definition) is 7. The molecule has 0 aliphatic heterocycles. The van der Waals surface area contributed by atoms with E-state index in [4.69, 9.17) is 4.74 Å². The number of aromatic nitrogens is 3. The first-order valence-electron chi connectivity index (χ1n) is 8.81. The van der Waals surface area contributed by atoms with Crippen LogP contribution in [-0.4, -0.2) is 38.2 Å². The van der Waals surface area contributed by atoms with E-state index in [0.29, 0.717) is 22.3 Å². The van der Waals surface area contributed by atoms with Crippen molar-refractivity contribution in [2.45, 2.75) is 26.8 Å². The normalized spacial score (nSPS) is 10.9. The second-order valence-electron chi connectivity index (χ2n) is 6.70. The van der Waals surface area contributed by atoms with Gasteiger partial charge in [0.1, 0.15) is 0 Å². The third-order valence-corrected chi connectivity index (χ3v) is 4.19. The molecule has 0 saturated heterocycles. The molecule has 0 aliphatic rings. The second kappa shape index (κ2) is 8.05. The predicted molar refractivity (Wildman–Crippen MR) is 105 cm³/mol. The number of carbonyl (C=O) groups is 2. The summed E-state index contributed by atoms with van der Waals surface area (Å²) in [5.74, 6) is -1.25. The van der Waals surface area contributed by atoms with Gasteiger partial charge in [-0.1, -0.05) is 0 Å². The molecule has 0 unspecified atom stereocenters. The molecule has 3 aromatic rings. The lowest BCUT2D eigenvalue weighted by atomic mass is 10.2. The maximum Gasteiger partial charge on any atom is 0.340 e. The number of pyridine rings is 1. The van der Waals surface area contributed by atoms with Crippen LogP contribution < -0.4 is 5.32 Å². The van der Waals surface area contributed by atoms with E-state index in [0.717, 1.165) is 0 Å². The molecule has 150 valence electrons. The second-order valence-corrected chi connectivity index (χ2v) is 6.70. The largest absolute Gasteiger partial charge is 0.452 e. The molecule has 0 spiro atoms. The Bertz CT molecular complexity index is 1110. The van der Waals surface area contributed by atoms with E-state index in [1.54, 1.807) is 23.9 Å². The number of nitrogens with zero attached hydrogens (tertiary/aromatic N) is 4. The van der Waals surface area contributed by atoms with Gasteiger partial charge in [0.25, 0.3) is 11.6 Å². The molecule has 1 N–H and O–H groups in total. The van der Waals surface area contributed by atoms with E-state index >= 15 is 0 Å². The van der Waals surface area contributed by atoms with Crippen molar-refractivity contribution in [1.82, 2.24) is 14.8 Å². The minimum Gasteiger partial charge on any atom is -0.452 e. The van der Waals surface area contributed by atoms with Crippen LogP contribution in [0.5, 0.6) is 0 Å². The van der Waals surface area contributed by atoms with Gasteiger partial charge in [0.15, 0.2) is 12.3 Å². The molecule has 2 heterocycles. The minimum atomic E-state index is -0.688. The fourth-order valence-corrected chi connectivity index (χ4v) is 2.73. The standard InChI is InChI=1S/C19H19N5O5/c1-11(2)23-18-13(9-21-23)7-14(8-20-18)19(26)29-10-17(25)22-16-5-4-15(24(27)28)6-12(16)3/h4-9,11H,10H2,1-3H3,(H,22,25). The summed E-state index contributed by atoms with van der Waals surface area (Å²) in [6.45, 7) is 5.08. The quantitative estimate of drug-likeness (QED) is 0.384. The first-order valence-corrected chi connectivity index (χ1v) is 8.81. The Hall–Kier alpha value is -3.82. The van der Waals surface area contributed by atoms with Gasteiger partial charge in [0, 0.05) is 35.4 Å². The SMILES string of the molecule is Cc1cc([N+](=O)[O-])ccc1NC(=O)COC(=O)c1cnc2c(cnn2C(C)C)c1. The van der Waals surface area contributed by atoms with Gasteiger partial charge in [-0.15, -0.1) is 0 Å². The van der Waals surface area contributed by atoms with Crippen molar-refractivity contribution in [2.24, 2.45) is 0 Å². The summed E-state index contributed by atoms with van der Waals surface area (Å²) in [5, 5.41) is 18.3. The molecule has 2 aromatic heterocycles. The monoisotopic (exact) mass is 397 g/mol. The summed E-state index contributed by atoms with van der Waals surface area (Å²) in [5.41, 5.74) is 1.72. The summed E-state index contributed by atoms with van der Waals surface area (Å²) < 4.78 is 6.78. The van der Waals surface area contributed by atoms with E-state index < -0.39 is 23.4 Å². The molecule has 0 saturated carbocycles. The fourth-order valence-electron chi connectivity index (χ4n) is 2.73. The van der Waals surface area contributed by atoms with Gasteiger partial charge >= 0.3 is 5.97 Å². The summed E-state index contributed by atoms with van der Waals surface area (Å²) >= 11 is 0. The lowest BCUT2D eigenvalue weighted by Crippen LogP contribution is -2.21. The number of anilines is 1. The van der Waals surface area contributed by atoms with Crippen LogP contribution in [0.15, 0.2) is 36.7 Å². The molecule has 29 heavy (non-hydrogen) atoms. The Morgan fingerprint density at radius 3 is 2.69 bits per heavy atom. The van der Waals surface area contributed by atoms with Crippen LogP contribution in [0.1, 0.15) is 35.8 Å². The van der Waals surface area contributed by atoms with Gasteiger partial charge < -0.3 is 10.1 Å². The zero-order valence-corrected chi connectivity index (χ0v) is 16.1. The Labute approximate surface area is 165 Å². The number of ether oxygens (including phenoxy) is 1. The highest BCUT2D eigenvalue weighted by atomic mass is 16.6. The Balaban J connectivity index is 1.62. The predicted octanol–water partition coefficient (Wildman–Crippen LogP) is 3.02. The number of carbonyl (C=O) groups excluding carboxylic acids is 2. The van der Waals surface area contributed by atoms with Crippen molar-refractivity contribution in [3.8, 4) is 0 Å².